The Morgan fingerprint density at radius 3 is 1.89 bits per heavy atom. The van der Waals surface area contributed by atoms with Crippen LogP contribution in [0.2, 0.25) is 0 Å². The van der Waals surface area contributed by atoms with Crippen LogP contribution in [0.4, 0.5) is 8.78 Å². The summed E-state index contributed by atoms with van der Waals surface area (Å²) < 4.78 is 36.3. The molecule has 2 heterocycles. The van der Waals surface area contributed by atoms with Gasteiger partial charge in [0.2, 0.25) is 0 Å². The maximum atomic E-state index is 13.5. The molecule has 0 aliphatic carbocycles. The van der Waals surface area contributed by atoms with Crippen molar-refractivity contribution in [1.82, 2.24) is 19.6 Å². The van der Waals surface area contributed by atoms with E-state index in [9.17, 15) is 13.6 Å². The van der Waals surface area contributed by atoms with Gasteiger partial charge in [-0.15, -0.1) is 0 Å². The van der Waals surface area contributed by atoms with Gasteiger partial charge in [0.15, 0.2) is 0 Å². The highest BCUT2D eigenvalue weighted by atomic mass is 79.9. The van der Waals surface area contributed by atoms with E-state index in [0.29, 0.717) is 25.3 Å². The Bertz CT molecular complexity index is 2160. The summed E-state index contributed by atoms with van der Waals surface area (Å²) >= 11 is 3.49. The smallest absolute Gasteiger partial charge is 0.338 e. The summed E-state index contributed by atoms with van der Waals surface area (Å²) in [7, 11) is 0. The van der Waals surface area contributed by atoms with Gasteiger partial charge in [0.05, 0.1) is 36.3 Å². The minimum atomic E-state index is -0.335. The van der Waals surface area contributed by atoms with Crippen molar-refractivity contribution in [2.24, 2.45) is 0 Å². The maximum Gasteiger partial charge on any atom is 0.338 e. The van der Waals surface area contributed by atoms with E-state index in [-0.39, 0.29) is 17.6 Å². The van der Waals surface area contributed by atoms with Crippen molar-refractivity contribution in [2.75, 3.05) is 6.61 Å². The third-order valence-electron chi connectivity index (χ3n) is 7.29. The fourth-order valence-corrected chi connectivity index (χ4v) is 5.69. The molecule has 2 aromatic heterocycles. The van der Waals surface area contributed by atoms with Gasteiger partial charge >= 0.3 is 5.97 Å². The molecular weight excluding hydrogens is 650 g/mol. The van der Waals surface area contributed by atoms with E-state index in [0.717, 1.165) is 48.5 Å². The highest BCUT2D eigenvalue weighted by Crippen LogP contribution is 2.29. The number of carbonyl (C=O) groups is 1. The molecule has 6 nitrogen and oxygen atoms in total. The second kappa shape index (κ2) is 13.9. The van der Waals surface area contributed by atoms with Crippen LogP contribution in [0.5, 0.6) is 0 Å². The van der Waals surface area contributed by atoms with Crippen LogP contribution in [0.3, 0.4) is 0 Å². The lowest BCUT2D eigenvalue weighted by Gasteiger charge is -2.06. The predicted octanol–water partition coefficient (Wildman–Crippen LogP) is 9.05. The van der Waals surface area contributed by atoms with Crippen LogP contribution >= 0.6 is 15.9 Å². The van der Waals surface area contributed by atoms with Crippen molar-refractivity contribution < 1.29 is 18.3 Å². The average Bonchev–Trinajstić information content (AvgIpc) is 3.65. The number of hydrogen-bond donors (Lipinski definition) is 0. The van der Waals surface area contributed by atoms with E-state index in [1.54, 1.807) is 29.8 Å². The molecule has 0 spiro atoms. The van der Waals surface area contributed by atoms with Gasteiger partial charge < -0.3 is 4.74 Å². The first kappa shape index (κ1) is 30.9. The van der Waals surface area contributed by atoms with E-state index in [2.05, 4.69) is 26.1 Å². The highest BCUT2D eigenvalue weighted by Gasteiger charge is 2.12. The first-order valence-electron chi connectivity index (χ1n) is 14.7. The van der Waals surface area contributed by atoms with Gasteiger partial charge in [-0.05, 0) is 83.8 Å². The lowest BCUT2D eigenvalue weighted by molar-refractivity contribution is 0.0526. The maximum absolute atomic E-state index is 13.5. The molecule has 0 aliphatic rings. The monoisotopic (exact) mass is 678 g/mol. The molecule has 46 heavy (non-hydrogen) atoms. The SMILES string of the molecule is CCOC(=O)c1cccc(-c2cccc3nn(Cc4cccc(F)c4)cc23)c1.Fc1cccc(Cn2cc3c(Br)cccc3n2)c1. The molecule has 0 radical (unpaired) electrons. The summed E-state index contributed by atoms with van der Waals surface area (Å²) in [6, 6.07) is 32.2. The molecular formula is C37H29BrF2N4O2. The minimum absolute atomic E-state index is 0.217. The third-order valence-corrected chi connectivity index (χ3v) is 7.99. The van der Waals surface area contributed by atoms with Crippen molar-refractivity contribution in [3.05, 3.63) is 154 Å². The van der Waals surface area contributed by atoms with Crippen LogP contribution < -0.4 is 0 Å². The molecule has 7 aromatic rings. The Balaban J connectivity index is 0.000000178. The number of aromatic nitrogens is 4. The standard InChI is InChI=1S/C23H19FN2O2.C14H10BrFN2/c1-2-28-23(27)18-8-4-7-17(13-18)20-10-5-11-22-21(20)15-26(25-22)14-16-6-3-9-19(24)12-16;15-13-5-2-6-14-12(13)9-18(17-14)8-10-3-1-4-11(16)7-10/h3-13,15H,2,14H2,1H3;1-7,9H,8H2. The lowest BCUT2D eigenvalue weighted by Crippen LogP contribution is -2.04. The Hall–Kier alpha value is -5.15. The number of hydrogen-bond acceptors (Lipinski definition) is 4. The van der Waals surface area contributed by atoms with Crippen LogP contribution in [0.1, 0.15) is 28.4 Å². The summed E-state index contributed by atoms with van der Waals surface area (Å²) in [5.41, 5.74) is 5.94. The van der Waals surface area contributed by atoms with E-state index in [1.807, 2.05) is 83.8 Å². The summed E-state index contributed by atoms with van der Waals surface area (Å²) in [6.45, 7) is 3.18. The van der Waals surface area contributed by atoms with Gasteiger partial charge in [-0.1, -0.05) is 70.5 Å². The first-order valence-corrected chi connectivity index (χ1v) is 15.5. The van der Waals surface area contributed by atoms with Crippen molar-refractivity contribution in [2.45, 2.75) is 20.0 Å². The van der Waals surface area contributed by atoms with E-state index in [1.165, 1.54) is 24.3 Å². The number of ether oxygens (including phenoxy) is 1. The Labute approximate surface area is 273 Å². The van der Waals surface area contributed by atoms with Crippen LogP contribution in [-0.2, 0) is 17.8 Å². The van der Waals surface area contributed by atoms with Crippen LogP contribution in [-0.4, -0.2) is 32.1 Å². The molecule has 5 aromatic carbocycles. The Kier molecular flexibility index (Phi) is 9.30. The summed E-state index contributed by atoms with van der Waals surface area (Å²) in [5, 5.41) is 11.1. The van der Waals surface area contributed by atoms with Crippen LogP contribution in [0, 0.1) is 11.6 Å². The molecule has 0 saturated carbocycles. The predicted molar refractivity (Wildman–Crippen MR) is 180 cm³/mol. The average molecular weight is 680 g/mol. The van der Waals surface area contributed by atoms with E-state index in [4.69, 9.17) is 4.74 Å². The first-order chi connectivity index (χ1) is 22.4. The molecule has 0 aliphatic heterocycles. The van der Waals surface area contributed by atoms with Crippen molar-refractivity contribution >= 4 is 43.7 Å². The molecule has 0 atom stereocenters. The molecule has 0 saturated heterocycles. The number of nitrogens with zero attached hydrogens (tertiary/aromatic N) is 4. The molecule has 230 valence electrons. The van der Waals surface area contributed by atoms with Gasteiger partial charge in [-0.2, -0.15) is 10.2 Å². The van der Waals surface area contributed by atoms with Gasteiger partial charge in [0.1, 0.15) is 11.6 Å². The number of esters is 1. The van der Waals surface area contributed by atoms with Crippen molar-refractivity contribution in [3.8, 4) is 11.1 Å². The zero-order valence-electron chi connectivity index (χ0n) is 24.9. The number of benzene rings is 5. The normalized spacial score (nSPS) is 11.0. The summed E-state index contributed by atoms with van der Waals surface area (Å²) in [4.78, 5) is 12.1. The summed E-state index contributed by atoms with van der Waals surface area (Å²) in [5.74, 6) is -0.811. The second-order valence-corrected chi connectivity index (χ2v) is 11.5. The fourth-order valence-electron chi connectivity index (χ4n) is 5.24. The molecule has 0 fully saturated rings. The molecule has 7 rings (SSSR count). The lowest BCUT2D eigenvalue weighted by atomic mass is 10.00. The van der Waals surface area contributed by atoms with Gasteiger partial charge in [-0.25, -0.2) is 13.6 Å². The third kappa shape index (κ3) is 7.21. The van der Waals surface area contributed by atoms with E-state index >= 15 is 0 Å². The number of carbonyl (C=O) groups excluding carboxylic acids is 1. The molecule has 0 amide bonds. The van der Waals surface area contributed by atoms with Crippen molar-refractivity contribution in [3.63, 3.8) is 0 Å². The minimum Gasteiger partial charge on any atom is -0.462 e. The zero-order chi connectivity index (χ0) is 32.0. The van der Waals surface area contributed by atoms with Gasteiger partial charge in [0.25, 0.3) is 0 Å². The summed E-state index contributed by atoms with van der Waals surface area (Å²) in [6.07, 6.45) is 3.91. The number of rotatable bonds is 7. The Morgan fingerprint density at radius 2 is 1.28 bits per heavy atom. The quantitative estimate of drug-likeness (QED) is 0.158. The van der Waals surface area contributed by atoms with Crippen molar-refractivity contribution in [1.29, 1.82) is 0 Å². The molecule has 0 N–H and O–H groups in total. The topological polar surface area (TPSA) is 61.9 Å². The fraction of sp³-hybridized carbons (Fsp3) is 0.108. The zero-order valence-corrected chi connectivity index (χ0v) is 26.5. The highest BCUT2D eigenvalue weighted by molar-refractivity contribution is 9.10. The Morgan fingerprint density at radius 1 is 0.717 bits per heavy atom. The molecule has 0 unspecified atom stereocenters. The van der Waals surface area contributed by atoms with Gasteiger partial charge in [0, 0.05) is 27.6 Å². The largest absolute Gasteiger partial charge is 0.462 e. The van der Waals surface area contributed by atoms with E-state index < -0.39 is 0 Å². The van der Waals surface area contributed by atoms with Crippen LogP contribution in [0.15, 0.2) is 126 Å². The second-order valence-electron chi connectivity index (χ2n) is 10.6. The number of fused-ring (bicyclic) bond motifs is 2. The van der Waals surface area contributed by atoms with Crippen LogP contribution in [0.25, 0.3) is 32.9 Å². The molecule has 0 bridgehead atoms. The van der Waals surface area contributed by atoms with Gasteiger partial charge in [-0.3, -0.25) is 9.36 Å². The molecule has 9 heteroatoms. The number of halogens is 3.